The molecule has 0 aliphatic carbocycles. The van der Waals surface area contributed by atoms with Gasteiger partial charge in [-0.05, 0) is 26.7 Å². The lowest BCUT2D eigenvalue weighted by Gasteiger charge is -2.30. The first-order valence-electron chi connectivity index (χ1n) is 5.36. The summed E-state index contributed by atoms with van der Waals surface area (Å²) < 4.78 is 0. The molecule has 2 rings (SSSR count). The molecule has 0 spiro atoms. The van der Waals surface area contributed by atoms with E-state index in [-0.39, 0.29) is 0 Å². The van der Waals surface area contributed by atoms with Gasteiger partial charge in [0.25, 0.3) is 0 Å². The summed E-state index contributed by atoms with van der Waals surface area (Å²) in [5.74, 6) is 0.988. The molecule has 0 radical (unpaired) electrons. The van der Waals surface area contributed by atoms with Crippen LogP contribution in [0.25, 0.3) is 0 Å². The minimum absolute atomic E-state index is 0.334. The van der Waals surface area contributed by atoms with Crippen LogP contribution in [0.2, 0.25) is 0 Å². The van der Waals surface area contributed by atoms with E-state index in [2.05, 4.69) is 14.9 Å². The van der Waals surface area contributed by atoms with Gasteiger partial charge in [-0.1, -0.05) is 0 Å². The maximum Gasteiger partial charge on any atom is 0.147 e. The van der Waals surface area contributed by atoms with E-state index < -0.39 is 0 Å². The molecule has 15 heavy (non-hydrogen) atoms. The Labute approximate surface area is 95.5 Å². The number of hydrogen-bond acceptors (Lipinski definition) is 3. The van der Waals surface area contributed by atoms with Gasteiger partial charge in [0.2, 0.25) is 0 Å². The molecular formula is C11H16ClN3. The highest BCUT2D eigenvalue weighted by Gasteiger charge is 2.18. The van der Waals surface area contributed by atoms with E-state index in [0.29, 0.717) is 5.38 Å². The maximum absolute atomic E-state index is 6.06. The van der Waals surface area contributed by atoms with Gasteiger partial charge in [0.15, 0.2) is 0 Å². The van der Waals surface area contributed by atoms with Crippen molar-refractivity contribution >= 4 is 17.4 Å². The predicted octanol–water partition coefficient (Wildman–Crippen LogP) is 2.30. The van der Waals surface area contributed by atoms with Crippen LogP contribution in [0.5, 0.6) is 0 Å². The number of hydrogen-bond donors (Lipinski definition) is 0. The molecule has 4 heteroatoms. The predicted molar refractivity (Wildman–Crippen MR) is 62.6 cm³/mol. The van der Waals surface area contributed by atoms with Crippen molar-refractivity contribution in [3.05, 3.63) is 17.6 Å². The zero-order chi connectivity index (χ0) is 10.8. The molecule has 1 saturated heterocycles. The third kappa shape index (κ3) is 2.40. The van der Waals surface area contributed by atoms with E-state index >= 15 is 0 Å². The fraction of sp³-hybridized carbons (Fsp3) is 0.636. The minimum atomic E-state index is 0.334. The lowest BCUT2D eigenvalue weighted by molar-refractivity contribution is 0.579. The second-order valence-electron chi connectivity index (χ2n) is 4.06. The summed E-state index contributed by atoms with van der Waals surface area (Å²) in [6, 6.07) is 0. The number of rotatable bonds is 1. The highest BCUT2D eigenvalue weighted by molar-refractivity contribution is 6.20. The molecule has 0 amide bonds. The Bertz CT molecular complexity index is 346. The smallest absolute Gasteiger partial charge is 0.147 e. The van der Waals surface area contributed by atoms with Crippen LogP contribution in [0.4, 0.5) is 5.82 Å². The lowest BCUT2D eigenvalue weighted by Crippen LogP contribution is -2.34. The van der Waals surface area contributed by atoms with Crippen molar-refractivity contribution in [2.45, 2.75) is 32.1 Å². The molecule has 1 aliphatic rings. The standard InChI is InChI=1S/C11H16ClN3/c1-8-9(2)14-11(7-13-8)15-5-3-10(12)4-6-15/h7,10H,3-6H2,1-2H3. The Morgan fingerprint density at radius 2 is 1.93 bits per heavy atom. The molecule has 0 bridgehead atoms. The van der Waals surface area contributed by atoms with E-state index in [9.17, 15) is 0 Å². The molecule has 1 aromatic heterocycles. The SMILES string of the molecule is Cc1ncc(N2CCC(Cl)CC2)nc1C. The van der Waals surface area contributed by atoms with E-state index in [1.807, 2.05) is 20.0 Å². The Morgan fingerprint density at radius 3 is 2.53 bits per heavy atom. The van der Waals surface area contributed by atoms with Crippen molar-refractivity contribution in [1.82, 2.24) is 9.97 Å². The van der Waals surface area contributed by atoms with Gasteiger partial charge in [-0.2, -0.15) is 0 Å². The molecule has 0 saturated carbocycles. The van der Waals surface area contributed by atoms with Gasteiger partial charge < -0.3 is 4.90 Å². The second-order valence-corrected chi connectivity index (χ2v) is 4.68. The summed E-state index contributed by atoms with van der Waals surface area (Å²) in [6.07, 6.45) is 3.93. The largest absolute Gasteiger partial charge is 0.355 e. The minimum Gasteiger partial charge on any atom is -0.355 e. The van der Waals surface area contributed by atoms with Crippen LogP contribution in [-0.2, 0) is 0 Å². The van der Waals surface area contributed by atoms with Gasteiger partial charge in [-0.3, -0.25) is 4.98 Å². The zero-order valence-electron chi connectivity index (χ0n) is 9.20. The second kappa shape index (κ2) is 4.35. The van der Waals surface area contributed by atoms with Gasteiger partial charge in [0.05, 0.1) is 17.6 Å². The van der Waals surface area contributed by atoms with Gasteiger partial charge in [-0.25, -0.2) is 4.98 Å². The molecule has 0 atom stereocenters. The monoisotopic (exact) mass is 225 g/mol. The molecule has 1 aliphatic heterocycles. The van der Waals surface area contributed by atoms with Gasteiger partial charge in [0, 0.05) is 18.5 Å². The number of anilines is 1. The number of halogens is 1. The van der Waals surface area contributed by atoms with Crippen LogP contribution >= 0.6 is 11.6 Å². The Kier molecular flexibility index (Phi) is 3.10. The molecule has 0 aromatic carbocycles. The van der Waals surface area contributed by atoms with Crippen LogP contribution in [0.3, 0.4) is 0 Å². The molecular weight excluding hydrogens is 210 g/mol. The highest BCUT2D eigenvalue weighted by atomic mass is 35.5. The van der Waals surface area contributed by atoms with E-state index in [4.69, 9.17) is 11.6 Å². The fourth-order valence-electron chi connectivity index (χ4n) is 1.76. The average Bonchev–Trinajstić information content (AvgIpc) is 2.23. The topological polar surface area (TPSA) is 29.0 Å². The number of alkyl halides is 1. The van der Waals surface area contributed by atoms with Crippen molar-refractivity contribution in [3.63, 3.8) is 0 Å². The Hall–Kier alpha value is -0.830. The van der Waals surface area contributed by atoms with Crippen molar-refractivity contribution in [2.75, 3.05) is 18.0 Å². The molecule has 1 fully saturated rings. The first-order valence-corrected chi connectivity index (χ1v) is 5.79. The average molecular weight is 226 g/mol. The van der Waals surface area contributed by atoms with Crippen LogP contribution in [0.15, 0.2) is 6.20 Å². The van der Waals surface area contributed by atoms with E-state index in [0.717, 1.165) is 43.1 Å². The van der Waals surface area contributed by atoms with Crippen molar-refractivity contribution < 1.29 is 0 Å². The molecule has 82 valence electrons. The first kappa shape index (κ1) is 10.7. The summed E-state index contributed by atoms with van der Waals surface area (Å²) in [5, 5.41) is 0.334. The maximum atomic E-state index is 6.06. The van der Waals surface area contributed by atoms with Gasteiger partial charge in [-0.15, -0.1) is 11.6 Å². The van der Waals surface area contributed by atoms with Crippen LogP contribution in [0.1, 0.15) is 24.2 Å². The van der Waals surface area contributed by atoms with Gasteiger partial charge in [0.1, 0.15) is 5.82 Å². The summed E-state index contributed by atoms with van der Waals surface area (Å²) in [5.41, 5.74) is 2.02. The Balaban J connectivity index is 2.12. The fourth-order valence-corrected chi connectivity index (χ4v) is 1.95. The summed E-state index contributed by atoms with van der Waals surface area (Å²) >= 11 is 6.06. The third-order valence-electron chi connectivity index (χ3n) is 2.93. The first-order chi connectivity index (χ1) is 7.16. The number of aromatic nitrogens is 2. The van der Waals surface area contributed by atoms with E-state index in [1.165, 1.54) is 0 Å². The third-order valence-corrected chi connectivity index (χ3v) is 3.36. The normalized spacial score (nSPS) is 18.2. The van der Waals surface area contributed by atoms with Crippen molar-refractivity contribution in [2.24, 2.45) is 0 Å². The quantitative estimate of drug-likeness (QED) is 0.687. The summed E-state index contributed by atoms with van der Waals surface area (Å²) in [4.78, 5) is 11.1. The summed E-state index contributed by atoms with van der Waals surface area (Å²) in [7, 11) is 0. The zero-order valence-corrected chi connectivity index (χ0v) is 9.96. The molecule has 3 nitrogen and oxygen atoms in total. The molecule has 1 aromatic rings. The van der Waals surface area contributed by atoms with Gasteiger partial charge >= 0.3 is 0 Å². The highest BCUT2D eigenvalue weighted by Crippen LogP contribution is 2.20. The van der Waals surface area contributed by atoms with Crippen LogP contribution in [0, 0.1) is 13.8 Å². The lowest BCUT2D eigenvalue weighted by atomic mass is 10.1. The molecule has 0 unspecified atom stereocenters. The molecule has 0 N–H and O–H groups in total. The molecule has 2 heterocycles. The Morgan fingerprint density at radius 1 is 1.27 bits per heavy atom. The van der Waals surface area contributed by atoms with Crippen LogP contribution in [-0.4, -0.2) is 28.4 Å². The number of piperidine rings is 1. The summed E-state index contributed by atoms with van der Waals surface area (Å²) in [6.45, 7) is 5.97. The number of aryl methyl sites for hydroxylation is 2. The van der Waals surface area contributed by atoms with Crippen molar-refractivity contribution in [1.29, 1.82) is 0 Å². The van der Waals surface area contributed by atoms with Crippen LogP contribution < -0.4 is 4.90 Å². The van der Waals surface area contributed by atoms with E-state index in [1.54, 1.807) is 0 Å². The van der Waals surface area contributed by atoms with Crippen molar-refractivity contribution in [3.8, 4) is 0 Å². The number of nitrogens with zero attached hydrogens (tertiary/aromatic N) is 3.